The highest BCUT2D eigenvalue weighted by molar-refractivity contribution is 5.71. The van der Waals surface area contributed by atoms with Crippen LogP contribution in [0.2, 0.25) is 0 Å². The Kier molecular flexibility index (Phi) is 4.67. The van der Waals surface area contributed by atoms with Crippen molar-refractivity contribution in [3.05, 3.63) is 52.1 Å². The van der Waals surface area contributed by atoms with Crippen LogP contribution in [0.4, 0.5) is 21.7 Å². The molecule has 1 aliphatic carbocycles. The van der Waals surface area contributed by atoms with Gasteiger partial charge in [-0.25, -0.2) is 14.4 Å². The number of halogens is 1. The van der Waals surface area contributed by atoms with Crippen LogP contribution in [0.25, 0.3) is 0 Å². The molecule has 1 aromatic heterocycles. The van der Waals surface area contributed by atoms with Gasteiger partial charge in [0.05, 0.1) is 4.92 Å². The van der Waals surface area contributed by atoms with Gasteiger partial charge in [0.2, 0.25) is 11.6 Å². The summed E-state index contributed by atoms with van der Waals surface area (Å²) in [5.41, 5.74) is 1.06. The van der Waals surface area contributed by atoms with Crippen LogP contribution in [0.3, 0.4) is 0 Å². The molecule has 2 atom stereocenters. The van der Waals surface area contributed by atoms with Crippen LogP contribution >= 0.6 is 0 Å². The average molecular weight is 399 g/mol. The number of hydrogen-bond acceptors (Lipinski definition) is 6. The monoisotopic (exact) mass is 399 g/mol. The summed E-state index contributed by atoms with van der Waals surface area (Å²) in [6.07, 6.45) is 4.49. The van der Waals surface area contributed by atoms with E-state index in [9.17, 15) is 14.5 Å². The SMILES string of the molecule is CC1(C)CC2CC(C)(CN2c2ncnc(NCc3ccc(F)cc3)c2[N+](=O)[O-])C1. The van der Waals surface area contributed by atoms with Crippen molar-refractivity contribution in [1.82, 2.24) is 9.97 Å². The summed E-state index contributed by atoms with van der Waals surface area (Å²) in [5, 5.41) is 15.0. The maximum Gasteiger partial charge on any atom is 0.353 e. The Hall–Kier alpha value is -2.77. The first-order valence-corrected chi connectivity index (χ1v) is 9.90. The van der Waals surface area contributed by atoms with E-state index in [2.05, 4.69) is 41.0 Å². The molecule has 1 N–H and O–H groups in total. The number of nitrogens with zero attached hydrogens (tertiary/aromatic N) is 4. The van der Waals surface area contributed by atoms with Gasteiger partial charge < -0.3 is 10.2 Å². The summed E-state index contributed by atoms with van der Waals surface area (Å²) >= 11 is 0. The second kappa shape index (κ2) is 6.93. The van der Waals surface area contributed by atoms with Crippen molar-refractivity contribution < 1.29 is 9.31 Å². The zero-order chi connectivity index (χ0) is 20.8. The van der Waals surface area contributed by atoms with Gasteiger partial charge in [0.1, 0.15) is 12.1 Å². The summed E-state index contributed by atoms with van der Waals surface area (Å²) in [5.74, 6) is 0.258. The minimum Gasteiger partial charge on any atom is -0.360 e. The zero-order valence-electron chi connectivity index (χ0n) is 17.0. The predicted molar refractivity (Wildman–Crippen MR) is 109 cm³/mol. The highest BCUT2D eigenvalue weighted by Gasteiger charge is 2.51. The van der Waals surface area contributed by atoms with Gasteiger partial charge in [-0.05, 0) is 47.8 Å². The van der Waals surface area contributed by atoms with Gasteiger partial charge in [0.25, 0.3) is 0 Å². The Bertz CT molecular complexity index is 933. The van der Waals surface area contributed by atoms with Gasteiger partial charge in [0.15, 0.2) is 0 Å². The summed E-state index contributed by atoms with van der Waals surface area (Å²) in [6, 6.07) is 6.25. The number of anilines is 2. The van der Waals surface area contributed by atoms with E-state index in [1.54, 1.807) is 12.1 Å². The summed E-state index contributed by atoms with van der Waals surface area (Å²) < 4.78 is 13.1. The van der Waals surface area contributed by atoms with E-state index in [0.29, 0.717) is 12.4 Å². The molecule has 0 spiro atoms. The van der Waals surface area contributed by atoms with Crippen LogP contribution < -0.4 is 10.2 Å². The zero-order valence-corrected chi connectivity index (χ0v) is 17.0. The minimum absolute atomic E-state index is 0.0939. The van der Waals surface area contributed by atoms with E-state index in [1.807, 2.05) is 0 Å². The topological polar surface area (TPSA) is 84.2 Å². The molecule has 2 bridgehead atoms. The highest BCUT2D eigenvalue weighted by Crippen LogP contribution is 2.54. The Morgan fingerprint density at radius 1 is 1.24 bits per heavy atom. The molecule has 1 aromatic carbocycles. The second-order valence-electron chi connectivity index (χ2n) is 9.47. The molecule has 154 valence electrons. The molecule has 1 saturated heterocycles. The number of nitro groups is 1. The van der Waals surface area contributed by atoms with Gasteiger partial charge >= 0.3 is 5.69 Å². The molecule has 8 heteroatoms. The van der Waals surface area contributed by atoms with Crippen LogP contribution in [0, 0.1) is 26.8 Å². The number of nitrogens with one attached hydrogen (secondary N) is 1. The van der Waals surface area contributed by atoms with Gasteiger partial charge in [-0.2, -0.15) is 0 Å². The van der Waals surface area contributed by atoms with Crippen molar-refractivity contribution in [2.75, 3.05) is 16.8 Å². The maximum absolute atomic E-state index is 13.1. The molecule has 2 aromatic rings. The van der Waals surface area contributed by atoms with Crippen molar-refractivity contribution in [3.63, 3.8) is 0 Å². The van der Waals surface area contributed by atoms with E-state index in [1.165, 1.54) is 18.5 Å². The van der Waals surface area contributed by atoms with Gasteiger partial charge in [-0.1, -0.05) is 32.9 Å². The molecule has 2 aliphatic rings. The number of aromatic nitrogens is 2. The number of fused-ring (bicyclic) bond motifs is 2. The van der Waals surface area contributed by atoms with E-state index in [4.69, 9.17) is 0 Å². The van der Waals surface area contributed by atoms with Gasteiger partial charge in [-0.3, -0.25) is 10.1 Å². The molecule has 7 nitrogen and oxygen atoms in total. The van der Waals surface area contributed by atoms with E-state index in [0.717, 1.165) is 31.4 Å². The van der Waals surface area contributed by atoms with Crippen LogP contribution in [-0.4, -0.2) is 27.5 Å². The third kappa shape index (κ3) is 3.88. The Labute approximate surface area is 169 Å². The fourth-order valence-electron chi connectivity index (χ4n) is 5.37. The third-order valence-corrected chi connectivity index (χ3v) is 6.05. The fraction of sp³-hybridized carbons (Fsp3) is 0.524. The van der Waals surface area contributed by atoms with E-state index >= 15 is 0 Å². The Morgan fingerprint density at radius 3 is 2.66 bits per heavy atom. The minimum atomic E-state index is -0.405. The summed E-state index contributed by atoms with van der Waals surface area (Å²) in [6.45, 7) is 7.87. The quantitative estimate of drug-likeness (QED) is 0.587. The molecule has 2 heterocycles. The average Bonchev–Trinajstić information content (AvgIpc) is 2.89. The van der Waals surface area contributed by atoms with Crippen LogP contribution in [0.15, 0.2) is 30.6 Å². The van der Waals surface area contributed by atoms with Crippen LogP contribution in [0.5, 0.6) is 0 Å². The molecule has 1 saturated carbocycles. The molecular formula is C21H26FN5O2. The van der Waals surface area contributed by atoms with Gasteiger partial charge in [-0.15, -0.1) is 0 Å². The van der Waals surface area contributed by atoms with Crippen molar-refractivity contribution in [1.29, 1.82) is 0 Å². The first kappa shape index (κ1) is 19.5. The largest absolute Gasteiger partial charge is 0.360 e. The lowest BCUT2D eigenvalue weighted by atomic mass is 9.65. The lowest BCUT2D eigenvalue weighted by Crippen LogP contribution is -2.35. The standard InChI is InChI=1S/C21H26FN5O2/c1-20(2)8-16-9-21(3,11-20)12-26(16)19-17(27(28)29)18(24-13-25-19)23-10-14-4-6-15(22)7-5-14/h4-7,13,16H,8-12H2,1-3H3,(H,23,24,25). The Balaban J connectivity index is 1.64. The van der Waals surface area contributed by atoms with E-state index in [-0.39, 0.29) is 34.2 Å². The number of benzene rings is 1. The molecular weight excluding hydrogens is 373 g/mol. The van der Waals surface area contributed by atoms with Gasteiger partial charge in [0, 0.05) is 19.1 Å². The van der Waals surface area contributed by atoms with Crippen molar-refractivity contribution >= 4 is 17.3 Å². The van der Waals surface area contributed by atoms with Crippen LogP contribution in [0.1, 0.15) is 45.6 Å². The van der Waals surface area contributed by atoms with E-state index < -0.39 is 4.92 Å². The summed E-state index contributed by atoms with van der Waals surface area (Å²) in [7, 11) is 0. The molecule has 1 aliphatic heterocycles. The molecule has 2 unspecified atom stereocenters. The Morgan fingerprint density at radius 2 is 1.97 bits per heavy atom. The normalized spacial score (nSPS) is 25.1. The lowest BCUT2D eigenvalue weighted by molar-refractivity contribution is -0.383. The predicted octanol–water partition coefficient (Wildman–Crippen LogP) is 4.54. The molecule has 2 fully saturated rings. The maximum atomic E-state index is 13.1. The third-order valence-electron chi connectivity index (χ3n) is 6.05. The molecule has 0 amide bonds. The highest BCUT2D eigenvalue weighted by atomic mass is 19.1. The molecule has 4 rings (SSSR count). The van der Waals surface area contributed by atoms with Crippen molar-refractivity contribution in [2.45, 2.75) is 52.6 Å². The molecule has 0 radical (unpaired) electrons. The first-order valence-electron chi connectivity index (χ1n) is 9.90. The smallest absolute Gasteiger partial charge is 0.353 e. The first-order chi connectivity index (χ1) is 13.7. The second-order valence-corrected chi connectivity index (χ2v) is 9.47. The van der Waals surface area contributed by atoms with Crippen LogP contribution in [-0.2, 0) is 6.54 Å². The summed E-state index contributed by atoms with van der Waals surface area (Å²) in [4.78, 5) is 22.1. The van der Waals surface area contributed by atoms with Crippen molar-refractivity contribution in [2.24, 2.45) is 10.8 Å². The fourth-order valence-corrected chi connectivity index (χ4v) is 5.37. The number of hydrogen-bond donors (Lipinski definition) is 1. The number of rotatable bonds is 5. The lowest BCUT2D eigenvalue weighted by Gasteiger charge is -2.39. The van der Waals surface area contributed by atoms with Crippen molar-refractivity contribution in [3.8, 4) is 0 Å². The molecule has 29 heavy (non-hydrogen) atoms.